The molecule has 5 nitrogen and oxygen atoms in total. The van der Waals surface area contributed by atoms with Gasteiger partial charge in [0.25, 0.3) is 0 Å². The van der Waals surface area contributed by atoms with Crippen molar-refractivity contribution >= 4 is 5.97 Å². The summed E-state index contributed by atoms with van der Waals surface area (Å²) in [5, 5.41) is 9.44. The van der Waals surface area contributed by atoms with Crippen molar-refractivity contribution in [1.82, 2.24) is 0 Å². The van der Waals surface area contributed by atoms with E-state index in [-0.39, 0.29) is 0 Å². The predicted octanol–water partition coefficient (Wildman–Crippen LogP) is 3.44. The van der Waals surface area contributed by atoms with Gasteiger partial charge in [0.2, 0.25) is 6.10 Å². The molecule has 1 heterocycles. The lowest BCUT2D eigenvalue weighted by atomic mass is 10.0. The Kier molecular flexibility index (Phi) is 4.37. The number of para-hydroxylation sites is 2. The van der Waals surface area contributed by atoms with E-state index in [1.54, 1.807) is 18.2 Å². The summed E-state index contributed by atoms with van der Waals surface area (Å²) < 4.78 is 17.0. The van der Waals surface area contributed by atoms with Gasteiger partial charge in [-0.3, -0.25) is 0 Å². The molecule has 0 amide bonds. The Morgan fingerprint density at radius 1 is 1.09 bits per heavy atom. The summed E-state index contributed by atoms with van der Waals surface area (Å²) in [6.45, 7) is 2.68. The van der Waals surface area contributed by atoms with E-state index in [0.29, 0.717) is 18.1 Å². The van der Waals surface area contributed by atoms with Crippen LogP contribution >= 0.6 is 0 Å². The first kappa shape index (κ1) is 15.2. The summed E-state index contributed by atoms with van der Waals surface area (Å²) in [6.07, 6.45) is -0.867. The summed E-state index contributed by atoms with van der Waals surface area (Å²) in [7, 11) is 0. The average Bonchev–Trinajstić information content (AvgIpc) is 2.59. The van der Waals surface area contributed by atoms with Crippen LogP contribution in [-0.2, 0) is 4.79 Å². The Morgan fingerprint density at radius 3 is 2.35 bits per heavy atom. The van der Waals surface area contributed by atoms with Gasteiger partial charge in [0, 0.05) is 0 Å². The van der Waals surface area contributed by atoms with Gasteiger partial charge in [0.05, 0.1) is 6.61 Å². The van der Waals surface area contributed by atoms with Crippen molar-refractivity contribution in [3.63, 3.8) is 0 Å². The molecule has 23 heavy (non-hydrogen) atoms. The van der Waals surface area contributed by atoms with Gasteiger partial charge in [-0.1, -0.05) is 31.2 Å². The number of carboxylic acids is 1. The first-order valence-electron chi connectivity index (χ1n) is 7.57. The second kappa shape index (κ2) is 6.60. The minimum Gasteiger partial charge on any atom is -0.494 e. The standard InChI is InChI=1S/C18H18O5/c1-2-11-21-13-9-7-12(8-10-13)16-17(18(19)20)23-15-6-4-3-5-14(15)22-16/h3-10,16-17H,2,11H2,1H3,(H,19,20). The lowest BCUT2D eigenvalue weighted by Gasteiger charge is -2.31. The zero-order valence-electron chi connectivity index (χ0n) is 12.8. The molecule has 0 spiro atoms. The van der Waals surface area contributed by atoms with Crippen molar-refractivity contribution in [2.24, 2.45) is 0 Å². The predicted molar refractivity (Wildman–Crippen MR) is 84.1 cm³/mol. The Labute approximate surface area is 134 Å². The van der Waals surface area contributed by atoms with E-state index in [2.05, 4.69) is 0 Å². The molecule has 5 heteroatoms. The van der Waals surface area contributed by atoms with Crippen LogP contribution in [0.5, 0.6) is 17.2 Å². The number of hydrogen-bond donors (Lipinski definition) is 1. The summed E-state index contributed by atoms with van der Waals surface area (Å²) in [6, 6.07) is 14.3. The van der Waals surface area contributed by atoms with Gasteiger partial charge in [-0.15, -0.1) is 0 Å². The zero-order chi connectivity index (χ0) is 16.2. The lowest BCUT2D eigenvalue weighted by molar-refractivity contribution is -0.151. The van der Waals surface area contributed by atoms with Gasteiger partial charge in [0.15, 0.2) is 17.6 Å². The summed E-state index contributed by atoms with van der Waals surface area (Å²) in [5.74, 6) is 0.677. The van der Waals surface area contributed by atoms with Crippen molar-refractivity contribution in [1.29, 1.82) is 0 Å². The molecular formula is C18H18O5. The first-order chi connectivity index (χ1) is 11.2. The topological polar surface area (TPSA) is 65.0 Å². The number of carboxylic acid groups (broad SMARTS) is 1. The zero-order valence-corrected chi connectivity index (χ0v) is 12.8. The van der Waals surface area contributed by atoms with Gasteiger partial charge < -0.3 is 19.3 Å². The second-order valence-corrected chi connectivity index (χ2v) is 5.28. The second-order valence-electron chi connectivity index (χ2n) is 5.28. The van der Waals surface area contributed by atoms with E-state index in [1.807, 2.05) is 37.3 Å². The molecule has 1 aliphatic heterocycles. The van der Waals surface area contributed by atoms with Gasteiger partial charge in [-0.05, 0) is 36.2 Å². The van der Waals surface area contributed by atoms with Crippen molar-refractivity contribution in [3.8, 4) is 17.2 Å². The average molecular weight is 314 g/mol. The molecule has 2 atom stereocenters. The van der Waals surface area contributed by atoms with Gasteiger partial charge >= 0.3 is 5.97 Å². The molecule has 0 saturated heterocycles. The van der Waals surface area contributed by atoms with Crippen LogP contribution in [0.15, 0.2) is 48.5 Å². The number of benzene rings is 2. The molecule has 0 aromatic heterocycles. The molecule has 120 valence electrons. The van der Waals surface area contributed by atoms with Crippen LogP contribution in [0, 0.1) is 0 Å². The third kappa shape index (κ3) is 3.23. The number of rotatable bonds is 5. The maximum Gasteiger partial charge on any atom is 0.349 e. The molecule has 2 unspecified atom stereocenters. The Balaban J connectivity index is 1.86. The molecule has 3 rings (SSSR count). The normalized spacial score (nSPS) is 19.2. The van der Waals surface area contributed by atoms with Crippen molar-refractivity contribution in [2.75, 3.05) is 6.61 Å². The van der Waals surface area contributed by atoms with Crippen LogP contribution in [0.3, 0.4) is 0 Å². The van der Waals surface area contributed by atoms with Gasteiger partial charge in [-0.25, -0.2) is 4.79 Å². The highest BCUT2D eigenvalue weighted by atomic mass is 16.6. The van der Waals surface area contributed by atoms with Crippen LogP contribution in [-0.4, -0.2) is 23.8 Å². The van der Waals surface area contributed by atoms with E-state index >= 15 is 0 Å². The molecular weight excluding hydrogens is 296 g/mol. The van der Waals surface area contributed by atoms with E-state index in [4.69, 9.17) is 14.2 Å². The molecule has 0 aliphatic carbocycles. The van der Waals surface area contributed by atoms with E-state index < -0.39 is 18.2 Å². The Morgan fingerprint density at radius 2 is 1.74 bits per heavy atom. The molecule has 2 aromatic carbocycles. The highest BCUT2D eigenvalue weighted by Gasteiger charge is 2.38. The van der Waals surface area contributed by atoms with Gasteiger partial charge in [-0.2, -0.15) is 0 Å². The van der Waals surface area contributed by atoms with Crippen LogP contribution in [0.1, 0.15) is 25.0 Å². The fourth-order valence-electron chi connectivity index (χ4n) is 2.44. The highest BCUT2D eigenvalue weighted by molar-refractivity contribution is 5.75. The van der Waals surface area contributed by atoms with Crippen molar-refractivity contribution < 1.29 is 24.1 Å². The third-order valence-corrected chi connectivity index (χ3v) is 3.56. The van der Waals surface area contributed by atoms with Crippen LogP contribution in [0.2, 0.25) is 0 Å². The van der Waals surface area contributed by atoms with Gasteiger partial charge in [0.1, 0.15) is 5.75 Å². The molecule has 0 radical (unpaired) electrons. The number of hydrogen-bond acceptors (Lipinski definition) is 4. The maximum atomic E-state index is 11.5. The van der Waals surface area contributed by atoms with Crippen molar-refractivity contribution in [3.05, 3.63) is 54.1 Å². The largest absolute Gasteiger partial charge is 0.494 e. The summed E-state index contributed by atoms with van der Waals surface area (Å²) in [4.78, 5) is 11.5. The highest BCUT2D eigenvalue weighted by Crippen LogP contribution is 2.39. The summed E-state index contributed by atoms with van der Waals surface area (Å²) >= 11 is 0. The number of carbonyl (C=O) groups is 1. The lowest BCUT2D eigenvalue weighted by Crippen LogP contribution is -2.39. The first-order valence-corrected chi connectivity index (χ1v) is 7.57. The molecule has 1 aliphatic rings. The van der Waals surface area contributed by atoms with E-state index in [9.17, 15) is 9.90 Å². The fourth-order valence-corrected chi connectivity index (χ4v) is 2.44. The maximum absolute atomic E-state index is 11.5. The fraction of sp³-hybridized carbons (Fsp3) is 0.278. The number of aliphatic carboxylic acids is 1. The quantitative estimate of drug-likeness (QED) is 0.916. The monoisotopic (exact) mass is 314 g/mol. The van der Waals surface area contributed by atoms with E-state index in [0.717, 1.165) is 17.7 Å². The van der Waals surface area contributed by atoms with E-state index in [1.165, 1.54) is 0 Å². The molecule has 0 bridgehead atoms. The smallest absolute Gasteiger partial charge is 0.349 e. The Hall–Kier alpha value is -2.69. The van der Waals surface area contributed by atoms with Crippen LogP contribution < -0.4 is 14.2 Å². The molecule has 1 N–H and O–H groups in total. The molecule has 0 saturated carbocycles. The Bertz CT molecular complexity index is 680. The van der Waals surface area contributed by atoms with Crippen LogP contribution in [0.4, 0.5) is 0 Å². The number of fused-ring (bicyclic) bond motifs is 1. The SMILES string of the molecule is CCCOc1ccc(C2Oc3ccccc3OC2C(=O)O)cc1. The minimum absolute atomic E-state index is 0.444. The van der Waals surface area contributed by atoms with Crippen molar-refractivity contribution in [2.45, 2.75) is 25.6 Å². The molecule has 2 aromatic rings. The van der Waals surface area contributed by atoms with Crippen LogP contribution in [0.25, 0.3) is 0 Å². The third-order valence-electron chi connectivity index (χ3n) is 3.56. The minimum atomic E-state index is -1.09. The number of ether oxygens (including phenoxy) is 3. The molecule has 0 fully saturated rings. The summed E-state index contributed by atoms with van der Waals surface area (Å²) in [5.41, 5.74) is 0.732.